The van der Waals surface area contributed by atoms with Gasteiger partial charge in [0.25, 0.3) is 0 Å². The Kier molecular flexibility index (Phi) is 5.25. The van der Waals surface area contributed by atoms with Crippen molar-refractivity contribution in [2.24, 2.45) is 0 Å². The number of nitrogens with zero attached hydrogens (tertiary/aromatic N) is 2. The first-order chi connectivity index (χ1) is 9.31. The molecule has 4 nitrogen and oxygen atoms in total. The normalized spacial score (nSPS) is 18.6. The van der Waals surface area contributed by atoms with Crippen molar-refractivity contribution in [3.63, 3.8) is 0 Å². The van der Waals surface area contributed by atoms with Crippen LogP contribution in [0, 0.1) is 11.3 Å². The number of nitrogens with one attached hydrogen (secondary N) is 1. The molecular weight excluding hydrogens is 258 g/mol. The number of carbonyl (C=O) groups excluding carboxylic acids is 1. The number of amides is 1. The second-order valence-electron chi connectivity index (χ2n) is 4.42. The lowest BCUT2D eigenvalue weighted by Gasteiger charge is -2.28. The minimum atomic E-state index is -0.157. The number of nitriles is 1. The molecule has 19 heavy (non-hydrogen) atoms. The van der Waals surface area contributed by atoms with Crippen LogP contribution in [0.1, 0.15) is 5.56 Å². The van der Waals surface area contributed by atoms with E-state index in [1.165, 1.54) is 0 Å². The fraction of sp³-hybridized carbons (Fsp3) is 0.429. The van der Waals surface area contributed by atoms with Crippen molar-refractivity contribution in [3.05, 3.63) is 35.9 Å². The van der Waals surface area contributed by atoms with Crippen LogP contribution in [0.3, 0.4) is 0 Å². The van der Waals surface area contributed by atoms with Gasteiger partial charge in [-0.25, -0.2) is 0 Å². The van der Waals surface area contributed by atoms with Gasteiger partial charge in [0.15, 0.2) is 0 Å². The van der Waals surface area contributed by atoms with Gasteiger partial charge in [-0.1, -0.05) is 30.3 Å². The molecule has 0 bridgehead atoms. The van der Waals surface area contributed by atoms with Crippen LogP contribution in [0.2, 0.25) is 0 Å². The molecule has 1 saturated heterocycles. The largest absolute Gasteiger partial charge is 0.324 e. The van der Waals surface area contributed by atoms with Crippen LogP contribution in [-0.2, 0) is 11.3 Å². The van der Waals surface area contributed by atoms with Crippen molar-refractivity contribution in [1.82, 2.24) is 10.2 Å². The lowest BCUT2D eigenvalue weighted by Crippen LogP contribution is -2.50. The minimum Gasteiger partial charge on any atom is -0.324 e. The van der Waals surface area contributed by atoms with Gasteiger partial charge in [0.1, 0.15) is 6.54 Å². The highest BCUT2D eigenvalue weighted by atomic mass is 32.2. The molecule has 1 aliphatic rings. The van der Waals surface area contributed by atoms with Crippen molar-refractivity contribution >= 4 is 17.7 Å². The minimum absolute atomic E-state index is 0.0256. The van der Waals surface area contributed by atoms with Crippen molar-refractivity contribution in [2.45, 2.75) is 12.6 Å². The van der Waals surface area contributed by atoms with Gasteiger partial charge in [-0.15, -0.1) is 0 Å². The van der Waals surface area contributed by atoms with Crippen molar-refractivity contribution in [1.29, 1.82) is 5.26 Å². The number of carbonyl (C=O) groups is 1. The van der Waals surface area contributed by atoms with E-state index in [1.807, 2.05) is 30.3 Å². The molecule has 1 amide bonds. The third-order valence-corrected chi connectivity index (χ3v) is 4.07. The first kappa shape index (κ1) is 13.9. The molecule has 1 unspecified atom stereocenters. The Balaban J connectivity index is 2.02. The van der Waals surface area contributed by atoms with Crippen molar-refractivity contribution in [2.75, 3.05) is 24.6 Å². The summed E-state index contributed by atoms with van der Waals surface area (Å²) in [6, 6.07) is 11.7. The standard InChI is InChI=1S/C14H17N3OS/c15-6-8-17(10-12-4-2-1-3-5-12)14(18)13-11-19-9-7-16-13/h1-5,13,16H,7-11H2. The molecule has 0 aromatic heterocycles. The predicted octanol–water partition coefficient (Wildman–Crippen LogP) is 1.24. The molecule has 5 heteroatoms. The summed E-state index contributed by atoms with van der Waals surface area (Å²) in [5.74, 6) is 1.86. The average molecular weight is 275 g/mol. The summed E-state index contributed by atoms with van der Waals surface area (Å²) in [7, 11) is 0. The molecule has 0 radical (unpaired) electrons. The van der Waals surface area contributed by atoms with E-state index in [2.05, 4.69) is 11.4 Å². The highest BCUT2D eigenvalue weighted by molar-refractivity contribution is 7.99. The Morgan fingerprint density at radius 1 is 1.47 bits per heavy atom. The number of hydrogen-bond acceptors (Lipinski definition) is 4. The van der Waals surface area contributed by atoms with Crippen LogP contribution in [0.4, 0.5) is 0 Å². The van der Waals surface area contributed by atoms with Crippen LogP contribution in [0.5, 0.6) is 0 Å². The Hall–Kier alpha value is -1.51. The van der Waals surface area contributed by atoms with Crippen LogP contribution in [-0.4, -0.2) is 41.4 Å². The van der Waals surface area contributed by atoms with E-state index in [4.69, 9.17) is 5.26 Å². The summed E-state index contributed by atoms with van der Waals surface area (Å²) < 4.78 is 0. The van der Waals surface area contributed by atoms with E-state index in [-0.39, 0.29) is 18.5 Å². The Morgan fingerprint density at radius 2 is 2.26 bits per heavy atom. The number of benzene rings is 1. The SMILES string of the molecule is N#CCN(Cc1ccccc1)C(=O)C1CSCCN1. The average Bonchev–Trinajstić information content (AvgIpc) is 2.48. The third kappa shape index (κ3) is 3.98. The van der Waals surface area contributed by atoms with Crippen molar-refractivity contribution < 1.29 is 4.79 Å². The van der Waals surface area contributed by atoms with E-state index in [0.717, 1.165) is 23.6 Å². The Bertz CT molecular complexity index is 452. The molecule has 1 aromatic carbocycles. The molecule has 1 atom stereocenters. The molecule has 0 spiro atoms. The van der Waals surface area contributed by atoms with Gasteiger partial charge in [0.2, 0.25) is 5.91 Å². The molecule has 1 fully saturated rings. The van der Waals surface area contributed by atoms with Crippen LogP contribution < -0.4 is 5.32 Å². The van der Waals surface area contributed by atoms with Gasteiger partial charge in [-0.3, -0.25) is 4.79 Å². The molecule has 0 saturated carbocycles. The summed E-state index contributed by atoms with van der Waals surface area (Å²) >= 11 is 1.78. The smallest absolute Gasteiger partial charge is 0.241 e. The monoisotopic (exact) mass is 275 g/mol. The van der Waals surface area contributed by atoms with E-state index in [1.54, 1.807) is 16.7 Å². The fourth-order valence-electron chi connectivity index (χ4n) is 2.05. The van der Waals surface area contributed by atoms with Gasteiger partial charge in [-0.05, 0) is 5.56 Å². The summed E-state index contributed by atoms with van der Waals surface area (Å²) in [5, 5.41) is 12.1. The molecule has 100 valence electrons. The second kappa shape index (κ2) is 7.17. The lowest BCUT2D eigenvalue weighted by atomic mass is 10.2. The maximum atomic E-state index is 12.4. The topological polar surface area (TPSA) is 56.1 Å². The van der Waals surface area contributed by atoms with E-state index >= 15 is 0 Å². The molecule has 1 N–H and O–H groups in total. The first-order valence-electron chi connectivity index (χ1n) is 6.32. The molecule has 1 aromatic rings. The molecule has 1 aliphatic heterocycles. The highest BCUT2D eigenvalue weighted by Crippen LogP contribution is 2.12. The van der Waals surface area contributed by atoms with E-state index in [9.17, 15) is 4.79 Å². The van der Waals surface area contributed by atoms with Crippen LogP contribution >= 0.6 is 11.8 Å². The molecule has 2 rings (SSSR count). The van der Waals surface area contributed by atoms with Gasteiger partial charge < -0.3 is 10.2 Å². The van der Waals surface area contributed by atoms with Crippen LogP contribution in [0.25, 0.3) is 0 Å². The molecule has 0 aliphatic carbocycles. The van der Waals surface area contributed by atoms with Gasteiger partial charge >= 0.3 is 0 Å². The number of hydrogen-bond donors (Lipinski definition) is 1. The van der Waals surface area contributed by atoms with Gasteiger partial charge in [-0.2, -0.15) is 17.0 Å². The zero-order valence-corrected chi connectivity index (χ0v) is 11.5. The summed E-state index contributed by atoms with van der Waals surface area (Å²) in [6.07, 6.45) is 0. The first-order valence-corrected chi connectivity index (χ1v) is 7.47. The maximum absolute atomic E-state index is 12.4. The Labute approximate surface area is 117 Å². The predicted molar refractivity (Wildman–Crippen MR) is 76.6 cm³/mol. The van der Waals surface area contributed by atoms with Gasteiger partial charge in [0.05, 0.1) is 12.1 Å². The number of rotatable bonds is 4. The van der Waals surface area contributed by atoms with Gasteiger partial charge in [0, 0.05) is 24.6 Å². The quantitative estimate of drug-likeness (QED) is 0.840. The summed E-state index contributed by atoms with van der Waals surface area (Å²) in [6.45, 7) is 1.49. The van der Waals surface area contributed by atoms with Crippen LogP contribution in [0.15, 0.2) is 30.3 Å². The fourth-order valence-corrected chi connectivity index (χ4v) is 2.97. The maximum Gasteiger partial charge on any atom is 0.241 e. The van der Waals surface area contributed by atoms with E-state index < -0.39 is 0 Å². The Morgan fingerprint density at radius 3 is 2.89 bits per heavy atom. The number of thioether (sulfide) groups is 1. The third-order valence-electron chi connectivity index (χ3n) is 3.01. The summed E-state index contributed by atoms with van der Waals surface area (Å²) in [4.78, 5) is 14.0. The lowest BCUT2D eigenvalue weighted by molar-refractivity contribution is -0.132. The summed E-state index contributed by atoms with van der Waals surface area (Å²) in [5.41, 5.74) is 1.05. The second-order valence-corrected chi connectivity index (χ2v) is 5.57. The zero-order valence-electron chi connectivity index (χ0n) is 10.7. The molecular formula is C14H17N3OS. The molecule has 1 heterocycles. The van der Waals surface area contributed by atoms with Crippen molar-refractivity contribution in [3.8, 4) is 6.07 Å². The highest BCUT2D eigenvalue weighted by Gasteiger charge is 2.25. The zero-order chi connectivity index (χ0) is 13.5. The van der Waals surface area contributed by atoms with E-state index in [0.29, 0.717) is 6.54 Å².